The monoisotopic (exact) mass is 641 g/mol. The summed E-state index contributed by atoms with van der Waals surface area (Å²) in [5.74, 6) is 1.69. The van der Waals surface area contributed by atoms with Crippen molar-refractivity contribution in [2.24, 2.45) is 0 Å². The van der Waals surface area contributed by atoms with Crippen LogP contribution < -0.4 is 0 Å². The molecule has 0 N–H and O–H groups in total. The number of hydrogen-bond donors (Lipinski definition) is 0. The van der Waals surface area contributed by atoms with Crippen LogP contribution in [0.5, 0.6) is 0 Å². The van der Waals surface area contributed by atoms with Crippen LogP contribution in [0.2, 0.25) is 0 Å². The Morgan fingerprint density at radius 1 is 0.300 bits per heavy atom. The Balaban J connectivity index is 1.09. The summed E-state index contributed by atoms with van der Waals surface area (Å²) in [6.45, 7) is 0. The van der Waals surface area contributed by atoms with Gasteiger partial charge in [0.15, 0.2) is 17.5 Å². The molecule has 5 heteroatoms. The lowest BCUT2D eigenvalue weighted by Gasteiger charge is -2.08. The van der Waals surface area contributed by atoms with Gasteiger partial charge in [-0.25, -0.2) is 15.0 Å². The molecule has 0 radical (unpaired) electrons. The summed E-state index contributed by atoms with van der Waals surface area (Å²) < 4.78 is 12.9. The zero-order valence-corrected chi connectivity index (χ0v) is 26.7. The lowest BCUT2D eigenvalue weighted by molar-refractivity contribution is 0.668. The van der Waals surface area contributed by atoms with E-state index in [4.69, 9.17) is 23.8 Å². The molecule has 7 aromatic carbocycles. The molecule has 50 heavy (non-hydrogen) atoms. The summed E-state index contributed by atoms with van der Waals surface area (Å²) in [6, 6.07) is 55.9. The highest BCUT2D eigenvalue weighted by molar-refractivity contribution is 6.09. The summed E-state index contributed by atoms with van der Waals surface area (Å²) in [5, 5.41) is 4.19. The van der Waals surface area contributed by atoms with Gasteiger partial charge in [-0.3, -0.25) is 0 Å². The largest absolute Gasteiger partial charge is 0.456 e. The highest BCUT2D eigenvalue weighted by Crippen LogP contribution is 2.38. The van der Waals surface area contributed by atoms with Crippen LogP contribution in [0, 0.1) is 0 Å². The van der Waals surface area contributed by atoms with Crippen LogP contribution in [-0.2, 0) is 0 Å². The number of furan rings is 2. The van der Waals surface area contributed by atoms with Crippen LogP contribution in [0.15, 0.2) is 173 Å². The van der Waals surface area contributed by atoms with Crippen LogP contribution in [0.1, 0.15) is 0 Å². The Morgan fingerprint density at radius 3 is 1.60 bits per heavy atom. The quantitative estimate of drug-likeness (QED) is 0.187. The maximum absolute atomic E-state index is 6.53. The van der Waals surface area contributed by atoms with Gasteiger partial charge in [-0.2, -0.15) is 0 Å². The summed E-state index contributed by atoms with van der Waals surface area (Å²) in [4.78, 5) is 15.0. The first-order valence-corrected chi connectivity index (χ1v) is 16.6. The number of nitrogens with zero attached hydrogens (tertiary/aromatic N) is 3. The van der Waals surface area contributed by atoms with Gasteiger partial charge in [-0.15, -0.1) is 0 Å². The fourth-order valence-corrected chi connectivity index (χ4v) is 6.87. The molecular formula is C45H27N3O2. The summed E-state index contributed by atoms with van der Waals surface area (Å²) in [6.07, 6.45) is 0. The Bertz CT molecular complexity index is 2870. The molecule has 0 atom stereocenters. The smallest absolute Gasteiger partial charge is 0.167 e. The molecular weight excluding hydrogens is 615 g/mol. The van der Waals surface area contributed by atoms with E-state index in [-0.39, 0.29) is 0 Å². The minimum absolute atomic E-state index is 0.547. The van der Waals surface area contributed by atoms with Gasteiger partial charge in [0, 0.05) is 32.7 Å². The fraction of sp³-hybridized carbons (Fsp3) is 0. The maximum atomic E-state index is 6.53. The predicted molar refractivity (Wildman–Crippen MR) is 202 cm³/mol. The van der Waals surface area contributed by atoms with Crippen LogP contribution >= 0.6 is 0 Å². The molecule has 0 aliphatic heterocycles. The third-order valence-corrected chi connectivity index (χ3v) is 9.35. The van der Waals surface area contributed by atoms with E-state index in [9.17, 15) is 0 Å². The molecule has 0 aliphatic rings. The average molecular weight is 642 g/mol. The first kappa shape index (κ1) is 28.2. The van der Waals surface area contributed by atoms with Crippen molar-refractivity contribution in [3.05, 3.63) is 164 Å². The molecule has 3 aromatic heterocycles. The Morgan fingerprint density at radius 2 is 0.820 bits per heavy atom. The number of aromatic nitrogens is 3. The highest BCUT2D eigenvalue weighted by atomic mass is 16.3. The number of fused-ring (bicyclic) bond motifs is 6. The van der Waals surface area contributed by atoms with E-state index in [0.29, 0.717) is 17.5 Å². The summed E-state index contributed by atoms with van der Waals surface area (Å²) in [7, 11) is 0. The number of benzene rings is 7. The molecule has 0 amide bonds. The van der Waals surface area contributed by atoms with Crippen molar-refractivity contribution < 1.29 is 8.83 Å². The van der Waals surface area contributed by atoms with Gasteiger partial charge >= 0.3 is 0 Å². The van der Waals surface area contributed by atoms with E-state index in [1.165, 1.54) is 11.1 Å². The molecule has 0 saturated carbocycles. The third-order valence-electron chi connectivity index (χ3n) is 9.35. The molecule has 10 aromatic rings. The highest BCUT2D eigenvalue weighted by Gasteiger charge is 2.18. The Kier molecular flexibility index (Phi) is 6.42. The minimum atomic E-state index is 0.547. The topological polar surface area (TPSA) is 65.0 Å². The van der Waals surface area contributed by atoms with Crippen molar-refractivity contribution in [3.8, 4) is 56.4 Å². The van der Waals surface area contributed by atoms with Gasteiger partial charge in [-0.05, 0) is 64.7 Å². The summed E-state index contributed by atoms with van der Waals surface area (Å²) >= 11 is 0. The van der Waals surface area contributed by atoms with E-state index < -0.39 is 0 Å². The standard InChI is InChI=1S/C45H27N3O2/c1-3-11-28(12-4-1)30-15-9-16-31(25-30)32-21-23-35-36-24-22-33(27-41(36)49-40(35)26-32)44-46-43(29-13-5-2-6-14-29)47-45(48-44)38-19-10-18-37-34-17-7-8-20-39(34)50-42(37)38/h1-27H. The van der Waals surface area contributed by atoms with Crippen LogP contribution in [-0.4, -0.2) is 15.0 Å². The molecule has 3 heterocycles. The van der Waals surface area contributed by atoms with Crippen molar-refractivity contribution in [3.63, 3.8) is 0 Å². The minimum Gasteiger partial charge on any atom is -0.456 e. The lowest BCUT2D eigenvalue weighted by Crippen LogP contribution is -2.00. The van der Waals surface area contributed by atoms with Crippen molar-refractivity contribution in [2.45, 2.75) is 0 Å². The molecule has 0 unspecified atom stereocenters. The molecule has 5 nitrogen and oxygen atoms in total. The second-order valence-electron chi connectivity index (χ2n) is 12.4. The average Bonchev–Trinajstić information content (AvgIpc) is 3.76. The third kappa shape index (κ3) is 4.75. The van der Waals surface area contributed by atoms with Crippen LogP contribution in [0.25, 0.3) is 100 Å². The van der Waals surface area contributed by atoms with Gasteiger partial charge in [0.1, 0.15) is 22.3 Å². The van der Waals surface area contributed by atoms with E-state index in [2.05, 4.69) is 91.0 Å². The van der Waals surface area contributed by atoms with Crippen molar-refractivity contribution >= 4 is 43.9 Å². The van der Waals surface area contributed by atoms with Crippen molar-refractivity contribution in [2.75, 3.05) is 0 Å². The second kappa shape index (κ2) is 11.4. The molecule has 0 saturated heterocycles. The summed E-state index contributed by atoms with van der Waals surface area (Å²) in [5.41, 5.74) is 10.4. The molecule has 0 bridgehead atoms. The Labute approximate surface area is 287 Å². The second-order valence-corrected chi connectivity index (χ2v) is 12.4. The molecule has 10 rings (SSSR count). The number of para-hydroxylation sites is 2. The maximum Gasteiger partial charge on any atom is 0.167 e. The van der Waals surface area contributed by atoms with Gasteiger partial charge < -0.3 is 8.83 Å². The molecule has 0 aliphatic carbocycles. The van der Waals surface area contributed by atoms with Gasteiger partial charge in [0.2, 0.25) is 0 Å². The normalized spacial score (nSPS) is 11.6. The zero-order valence-electron chi connectivity index (χ0n) is 26.7. The fourth-order valence-electron chi connectivity index (χ4n) is 6.87. The Hall–Kier alpha value is -6.85. The van der Waals surface area contributed by atoms with E-state index in [0.717, 1.165) is 71.7 Å². The first-order valence-electron chi connectivity index (χ1n) is 16.6. The number of rotatable bonds is 5. The molecule has 0 spiro atoms. The van der Waals surface area contributed by atoms with Gasteiger partial charge in [-0.1, -0.05) is 121 Å². The zero-order chi connectivity index (χ0) is 33.0. The number of hydrogen-bond acceptors (Lipinski definition) is 5. The van der Waals surface area contributed by atoms with Crippen molar-refractivity contribution in [1.29, 1.82) is 0 Å². The van der Waals surface area contributed by atoms with Gasteiger partial charge in [0.05, 0.1) is 5.56 Å². The van der Waals surface area contributed by atoms with Gasteiger partial charge in [0.25, 0.3) is 0 Å². The lowest BCUT2D eigenvalue weighted by atomic mass is 9.98. The SMILES string of the molecule is c1ccc(-c2cccc(-c3ccc4c(c3)oc3cc(-c5nc(-c6ccccc6)nc(-c6cccc7c6oc6ccccc67)n5)ccc34)c2)cc1. The van der Waals surface area contributed by atoms with Crippen molar-refractivity contribution in [1.82, 2.24) is 15.0 Å². The van der Waals surface area contributed by atoms with Crippen LogP contribution in [0.3, 0.4) is 0 Å². The molecule has 234 valence electrons. The van der Waals surface area contributed by atoms with E-state index in [1.807, 2.05) is 72.8 Å². The molecule has 0 fully saturated rings. The van der Waals surface area contributed by atoms with E-state index in [1.54, 1.807) is 0 Å². The first-order chi connectivity index (χ1) is 24.7. The van der Waals surface area contributed by atoms with E-state index >= 15 is 0 Å². The van der Waals surface area contributed by atoms with Crippen LogP contribution in [0.4, 0.5) is 0 Å². The predicted octanol–water partition coefficient (Wildman–Crippen LogP) is 12.0.